The Kier molecular flexibility index (Phi) is 6.37. The van der Waals surface area contributed by atoms with Gasteiger partial charge in [-0.15, -0.1) is 10.2 Å². The van der Waals surface area contributed by atoms with Gasteiger partial charge in [0.15, 0.2) is 10.4 Å². The van der Waals surface area contributed by atoms with E-state index in [2.05, 4.69) is 15.5 Å². The minimum atomic E-state index is -0.718. The highest BCUT2D eigenvalue weighted by molar-refractivity contribution is 8.01. The minimum Gasteiger partial charge on any atom is -0.479 e. The number of hydrogen-bond acceptors (Lipinski definition) is 6. The molecule has 3 aromatic rings. The van der Waals surface area contributed by atoms with Crippen LogP contribution in [0.15, 0.2) is 57.2 Å². The number of nitrogens with zero attached hydrogens (tertiary/aromatic N) is 2. The maximum absolute atomic E-state index is 12.3. The van der Waals surface area contributed by atoms with Crippen molar-refractivity contribution in [2.75, 3.05) is 5.32 Å². The van der Waals surface area contributed by atoms with E-state index in [9.17, 15) is 4.79 Å². The molecule has 5 nitrogen and oxygen atoms in total. The van der Waals surface area contributed by atoms with Gasteiger partial charge in [-0.3, -0.25) is 4.79 Å². The summed E-state index contributed by atoms with van der Waals surface area (Å²) in [6.45, 7) is 1.65. The van der Waals surface area contributed by atoms with Gasteiger partial charge >= 0.3 is 0 Å². The normalized spacial score (nSPS) is 11.8. The Hall–Kier alpha value is -1.80. The Morgan fingerprint density at radius 2 is 2.00 bits per heavy atom. The molecule has 1 heterocycles. The molecule has 26 heavy (non-hydrogen) atoms. The van der Waals surface area contributed by atoms with Gasteiger partial charge in [-0.05, 0) is 49.4 Å². The summed E-state index contributed by atoms with van der Waals surface area (Å²) in [7, 11) is 0. The molecule has 1 aromatic heterocycles. The molecule has 0 aliphatic rings. The predicted octanol–water partition coefficient (Wildman–Crippen LogP) is 5.40. The van der Waals surface area contributed by atoms with Crippen LogP contribution in [0.4, 0.5) is 5.69 Å². The summed E-state index contributed by atoms with van der Waals surface area (Å²) in [5.74, 6) is 0.128. The van der Waals surface area contributed by atoms with Gasteiger partial charge in [0, 0.05) is 15.6 Å². The van der Waals surface area contributed by atoms with Crippen molar-refractivity contribution in [1.82, 2.24) is 10.2 Å². The van der Waals surface area contributed by atoms with Crippen LogP contribution in [-0.2, 0) is 4.79 Å². The van der Waals surface area contributed by atoms with Gasteiger partial charge in [0.05, 0.1) is 5.02 Å². The predicted molar refractivity (Wildman–Crippen MR) is 106 cm³/mol. The first-order chi connectivity index (χ1) is 12.5. The van der Waals surface area contributed by atoms with E-state index in [-0.39, 0.29) is 5.91 Å². The average Bonchev–Trinajstić information content (AvgIpc) is 3.12. The lowest BCUT2D eigenvalue weighted by Crippen LogP contribution is -2.30. The molecule has 134 valence electrons. The summed E-state index contributed by atoms with van der Waals surface area (Å²) in [6.07, 6.45) is -0.718. The van der Waals surface area contributed by atoms with E-state index in [0.717, 1.165) is 9.24 Å². The zero-order valence-electron chi connectivity index (χ0n) is 13.5. The molecule has 0 saturated carbocycles. The van der Waals surface area contributed by atoms with Gasteiger partial charge in [-0.1, -0.05) is 46.3 Å². The molecule has 0 saturated heterocycles. The molecule has 1 unspecified atom stereocenters. The van der Waals surface area contributed by atoms with Gasteiger partial charge in [-0.25, -0.2) is 0 Å². The van der Waals surface area contributed by atoms with Gasteiger partial charge in [0.25, 0.3) is 5.91 Å². The number of benzene rings is 2. The highest BCUT2D eigenvalue weighted by Crippen LogP contribution is 2.30. The zero-order chi connectivity index (χ0) is 18.5. The van der Waals surface area contributed by atoms with Crippen molar-refractivity contribution in [3.05, 3.63) is 58.0 Å². The average molecular weight is 426 g/mol. The van der Waals surface area contributed by atoms with Crippen molar-refractivity contribution in [3.8, 4) is 5.75 Å². The minimum absolute atomic E-state index is 0.277. The number of rotatable bonds is 6. The number of hydrogen-bond donors (Lipinski definition) is 1. The van der Waals surface area contributed by atoms with E-state index in [4.69, 9.17) is 27.9 Å². The maximum atomic E-state index is 12.3. The highest BCUT2D eigenvalue weighted by Gasteiger charge is 2.16. The van der Waals surface area contributed by atoms with Crippen molar-refractivity contribution >= 4 is 57.9 Å². The zero-order valence-corrected chi connectivity index (χ0v) is 16.6. The molecular formula is C17H13Cl2N3O2S2. The van der Waals surface area contributed by atoms with Gasteiger partial charge in [0.2, 0.25) is 0 Å². The number of ether oxygens (including phenoxy) is 1. The van der Waals surface area contributed by atoms with Crippen LogP contribution in [0.5, 0.6) is 5.75 Å². The van der Waals surface area contributed by atoms with Crippen molar-refractivity contribution in [3.63, 3.8) is 0 Å². The summed E-state index contributed by atoms with van der Waals surface area (Å²) in [5, 5.41) is 11.5. The number of aromatic nitrogens is 2. The summed E-state index contributed by atoms with van der Waals surface area (Å²) in [5.41, 5.74) is 2.36. The lowest BCUT2D eigenvalue weighted by atomic mass is 10.3. The number of amides is 1. The molecule has 1 amide bonds. The van der Waals surface area contributed by atoms with Gasteiger partial charge in [0.1, 0.15) is 11.3 Å². The molecule has 3 rings (SSSR count). The number of carbonyl (C=O) groups excluding carboxylic acids is 1. The fourth-order valence-corrected chi connectivity index (χ4v) is 3.88. The highest BCUT2D eigenvalue weighted by atomic mass is 35.5. The Labute approximate surface area is 168 Å². The largest absolute Gasteiger partial charge is 0.479 e. The fourth-order valence-electron chi connectivity index (χ4n) is 1.97. The number of halogens is 2. The third kappa shape index (κ3) is 5.11. The molecule has 0 spiro atoms. The Balaban J connectivity index is 1.58. The Morgan fingerprint density at radius 1 is 1.23 bits per heavy atom. The van der Waals surface area contributed by atoms with Crippen molar-refractivity contribution < 1.29 is 9.53 Å². The van der Waals surface area contributed by atoms with Crippen LogP contribution in [-0.4, -0.2) is 22.2 Å². The molecule has 0 radical (unpaired) electrons. The third-order valence-corrected chi connectivity index (χ3v) is 5.55. The molecule has 1 atom stereocenters. The van der Waals surface area contributed by atoms with E-state index >= 15 is 0 Å². The fraction of sp³-hybridized carbons (Fsp3) is 0.118. The maximum Gasteiger partial charge on any atom is 0.265 e. The van der Waals surface area contributed by atoms with Crippen molar-refractivity contribution in [2.45, 2.75) is 22.3 Å². The summed E-state index contributed by atoms with van der Waals surface area (Å²) >= 11 is 14.9. The SMILES string of the molecule is CC(Oc1ccc(Cl)cc1Cl)C(=O)Nc1ccc(Sc2nncs2)cc1. The second kappa shape index (κ2) is 8.73. The van der Waals surface area contributed by atoms with Crippen LogP contribution < -0.4 is 10.1 Å². The van der Waals surface area contributed by atoms with E-state index in [1.807, 2.05) is 24.3 Å². The standard InChI is InChI=1S/C17H13Cl2N3O2S2/c1-10(24-15-7-2-11(18)8-14(15)19)16(23)21-12-3-5-13(6-4-12)26-17-22-20-9-25-17/h2-10H,1H3,(H,21,23). The lowest BCUT2D eigenvalue weighted by Gasteiger charge is -2.16. The first-order valence-corrected chi connectivity index (χ1v) is 9.93. The molecule has 1 N–H and O–H groups in total. The van der Waals surface area contributed by atoms with E-state index in [1.165, 1.54) is 23.1 Å². The third-order valence-electron chi connectivity index (χ3n) is 3.23. The van der Waals surface area contributed by atoms with E-state index in [0.29, 0.717) is 21.5 Å². The molecule has 0 aliphatic carbocycles. The number of carbonyl (C=O) groups is 1. The quantitative estimate of drug-likeness (QED) is 0.572. The second-order valence-corrected chi connectivity index (χ2v) is 8.15. The van der Waals surface area contributed by atoms with Gasteiger partial charge in [-0.2, -0.15) is 0 Å². The Bertz CT molecular complexity index is 890. The number of nitrogens with one attached hydrogen (secondary N) is 1. The van der Waals surface area contributed by atoms with E-state index < -0.39 is 6.10 Å². The Morgan fingerprint density at radius 3 is 2.65 bits per heavy atom. The van der Waals surface area contributed by atoms with Crippen molar-refractivity contribution in [1.29, 1.82) is 0 Å². The summed E-state index contributed by atoms with van der Waals surface area (Å²) in [4.78, 5) is 13.3. The van der Waals surface area contributed by atoms with E-state index in [1.54, 1.807) is 30.6 Å². The molecule has 9 heteroatoms. The van der Waals surface area contributed by atoms with Crippen LogP contribution in [0.1, 0.15) is 6.92 Å². The summed E-state index contributed by atoms with van der Waals surface area (Å²) < 4.78 is 6.47. The van der Waals surface area contributed by atoms with Crippen LogP contribution >= 0.6 is 46.3 Å². The molecule has 0 aliphatic heterocycles. The molecule has 0 fully saturated rings. The number of anilines is 1. The molecule has 2 aromatic carbocycles. The van der Waals surface area contributed by atoms with Gasteiger partial charge < -0.3 is 10.1 Å². The van der Waals surface area contributed by atoms with Crippen LogP contribution in [0.25, 0.3) is 0 Å². The first kappa shape index (κ1) is 19.0. The second-order valence-electron chi connectivity index (χ2n) is 5.16. The topological polar surface area (TPSA) is 64.1 Å². The monoisotopic (exact) mass is 425 g/mol. The lowest BCUT2D eigenvalue weighted by molar-refractivity contribution is -0.122. The van der Waals surface area contributed by atoms with Crippen LogP contribution in [0.3, 0.4) is 0 Å². The smallest absolute Gasteiger partial charge is 0.265 e. The summed E-state index contributed by atoms with van der Waals surface area (Å²) in [6, 6.07) is 12.3. The van der Waals surface area contributed by atoms with Crippen molar-refractivity contribution in [2.24, 2.45) is 0 Å². The first-order valence-electron chi connectivity index (χ1n) is 7.48. The molecular weight excluding hydrogens is 413 g/mol. The molecule has 0 bridgehead atoms. The van der Waals surface area contributed by atoms with Crippen LogP contribution in [0.2, 0.25) is 10.0 Å². The van der Waals surface area contributed by atoms with Crippen LogP contribution in [0, 0.1) is 0 Å².